The Morgan fingerprint density at radius 2 is 1.60 bits per heavy atom. The van der Waals surface area contributed by atoms with Crippen molar-refractivity contribution >= 4 is 24.7 Å². The molecule has 3 rings (SSSR count). The number of nitrogens with two attached hydrogens (primary N) is 1. The van der Waals surface area contributed by atoms with E-state index in [4.69, 9.17) is 24.3 Å². The lowest BCUT2D eigenvalue weighted by atomic mass is 10.0. The quantitative estimate of drug-likeness (QED) is 0.123. The number of aromatic nitrogens is 4. The van der Waals surface area contributed by atoms with E-state index in [0.29, 0.717) is 31.8 Å². The number of fused-ring (bicyclic) bond motifs is 1. The minimum absolute atomic E-state index is 0.0153. The van der Waals surface area contributed by atoms with Crippen LogP contribution in [0.4, 0.5) is 5.95 Å². The third-order valence-electron chi connectivity index (χ3n) is 7.18. The van der Waals surface area contributed by atoms with Gasteiger partial charge in [0.15, 0.2) is 11.2 Å². The summed E-state index contributed by atoms with van der Waals surface area (Å²) in [5.74, 6) is 0.0153. The van der Waals surface area contributed by atoms with Crippen LogP contribution in [-0.2, 0) is 29.6 Å². The fourth-order valence-corrected chi connectivity index (χ4v) is 6.27. The molecule has 1 fully saturated rings. The summed E-state index contributed by atoms with van der Waals surface area (Å²) >= 11 is 0. The Balaban J connectivity index is 1.12. The first-order chi connectivity index (χ1) is 19.5. The van der Waals surface area contributed by atoms with Gasteiger partial charge in [-0.25, -0.2) is 4.98 Å². The lowest BCUT2D eigenvalue weighted by Gasteiger charge is -2.29. The second kappa shape index (κ2) is 18.6. The number of ether oxygens (including phenoxy) is 2. The number of unbranched alkanes of at least 4 members (excludes halogenated alkanes) is 13. The molecular formula is C28H50N5O6P. The molecule has 0 radical (unpaired) electrons. The molecule has 2 aromatic heterocycles. The minimum Gasteiger partial charge on any atom is -0.381 e. The molecule has 12 heteroatoms. The van der Waals surface area contributed by atoms with E-state index >= 15 is 0 Å². The molecule has 0 aromatic carbocycles. The molecule has 2 aromatic rings. The largest absolute Gasteiger partial charge is 0.381 e. The summed E-state index contributed by atoms with van der Waals surface area (Å²) in [5.41, 5.74) is 5.80. The van der Waals surface area contributed by atoms with Crippen LogP contribution in [0, 0.1) is 0 Å². The van der Waals surface area contributed by atoms with Gasteiger partial charge in [0.2, 0.25) is 5.95 Å². The summed E-state index contributed by atoms with van der Waals surface area (Å²) in [5, 5.41) is 0. The smallest absolute Gasteiger partial charge is 0.356 e. The molecule has 1 aliphatic heterocycles. The Morgan fingerprint density at radius 3 is 2.23 bits per heavy atom. The van der Waals surface area contributed by atoms with Crippen molar-refractivity contribution in [1.29, 1.82) is 0 Å². The van der Waals surface area contributed by atoms with Gasteiger partial charge < -0.3 is 28.8 Å². The van der Waals surface area contributed by atoms with E-state index < -0.39 is 13.2 Å². The van der Waals surface area contributed by atoms with Gasteiger partial charge in [0, 0.05) is 13.2 Å². The van der Waals surface area contributed by atoms with Crippen molar-refractivity contribution < 1.29 is 23.1 Å². The number of aromatic amines is 1. The summed E-state index contributed by atoms with van der Waals surface area (Å²) in [6.45, 7) is 4.33. The van der Waals surface area contributed by atoms with E-state index in [1.807, 2.05) is 0 Å². The van der Waals surface area contributed by atoms with Crippen LogP contribution in [0.3, 0.4) is 0 Å². The van der Waals surface area contributed by atoms with Crippen LogP contribution >= 0.6 is 7.60 Å². The van der Waals surface area contributed by atoms with E-state index in [9.17, 15) is 9.36 Å². The molecule has 1 saturated heterocycles. The van der Waals surface area contributed by atoms with Crippen molar-refractivity contribution in [3.8, 4) is 0 Å². The number of nitrogens with zero attached hydrogens (tertiary/aromatic N) is 3. The summed E-state index contributed by atoms with van der Waals surface area (Å²) in [6.07, 6.45) is 20.5. The third-order valence-corrected chi connectivity index (χ3v) is 8.77. The molecule has 0 aliphatic carbocycles. The van der Waals surface area contributed by atoms with Crippen molar-refractivity contribution in [3.63, 3.8) is 0 Å². The Kier molecular flexibility index (Phi) is 15.2. The summed E-state index contributed by atoms with van der Waals surface area (Å²) in [6, 6.07) is 0. The number of rotatable bonds is 22. The zero-order valence-corrected chi connectivity index (χ0v) is 25.2. The predicted octanol–water partition coefficient (Wildman–Crippen LogP) is 6.17. The monoisotopic (exact) mass is 583 g/mol. The molecular weight excluding hydrogens is 533 g/mol. The maximum Gasteiger partial charge on any atom is 0.356 e. The normalized spacial score (nSPS) is 19.5. The first-order valence-corrected chi connectivity index (χ1v) is 17.0. The maximum atomic E-state index is 12.8. The van der Waals surface area contributed by atoms with Gasteiger partial charge in [-0.2, -0.15) is 4.98 Å². The van der Waals surface area contributed by atoms with Gasteiger partial charge in [0.1, 0.15) is 12.5 Å². The van der Waals surface area contributed by atoms with E-state index in [0.717, 1.165) is 13.0 Å². The van der Waals surface area contributed by atoms with Gasteiger partial charge in [-0.15, -0.1) is 0 Å². The van der Waals surface area contributed by atoms with Crippen LogP contribution in [0.15, 0.2) is 11.1 Å². The molecule has 228 valence electrons. The zero-order chi connectivity index (χ0) is 28.5. The van der Waals surface area contributed by atoms with Crippen LogP contribution < -0.4 is 11.3 Å². The van der Waals surface area contributed by atoms with E-state index in [2.05, 4.69) is 21.9 Å². The number of hydrogen-bond donors (Lipinski definition) is 2. The number of imidazole rings is 1. The minimum atomic E-state index is -3.29. The first kappa shape index (κ1) is 32.7. The van der Waals surface area contributed by atoms with Crippen LogP contribution in [0.1, 0.15) is 103 Å². The molecule has 1 aliphatic rings. The molecule has 1 unspecified atom stereocenters. The molecule has 11 nitrogen and oxygen atoms in total. The SMILES string of the molecule is CCCCCCCCCCCCCCCCOCCCOP1(=O)CO[C@@H](Cn2cnc3c(=O)[nH]c(N)nc32)CO1. The van der Waals surface area contributed by atoms with Gasteiger partial charge in [0.05, 0.1) is 26.1 Å². The predicted molar refractivity (Wildman–Crippen MR) is 158 cm³/mol. The van der Waals surface area contributed by atoms with Crippen molar-refractivity contribution in [3.05, 3.63) is 16.7 Å². The topological polar surface area (TPSA) is 144 Å². The number of nitrogens with one attached hydrogen (secondary N) is 1. The second-order valence-corrected chi connectivity index (χ2v) is 12.7. The van der Waals surface area contributed by atoms with Crippen LogP contribution in [0.5, 0.6) is 0 Å². The lowest BCUT2D eigenvalue weighted by Crippen LogP contribution is -2.30. The average molecular weight is 584 g/mol. The number of anilines is 1. The van der Waals surface area contributed by atoms with E-state index in [1.54, 1.807) is 4.57 Å². The fraction of sp³-hybridized carbons (Fsp3) is 0.821. The Morgan fingerprint density at radius 1 is 0.975 bits per heavy atom. The van der Waals surface area contributed by atoms with Crippen LogP contribution in [0.2, 0.25) is 0 Å². The van der Waals surface area contributed by atoms with Crippen molar-refractivity contribution in [1.82, 2.24) is 19.5 Å². The second-order valence-electron chi connectivity index (χ2n) is 10.7. The van der Waals surface area contributed by atoms with Gasteiger partial charge in [-0.1, -0.05) is 90.4 Å². The fourth-order valence-electron chi connectivity index (χ4n) is 4.85. The maximum absolute atomic E-state index is 12.8. The average Bonchev–Trinajstić information content (AvgIpc) is 3.34. The van der Waals surface area contributed by atoms with Crippen LogP contribution in [-0.4, -0.2) is 58.4 Å². The van der Waals surface area contributed by atoms with Crippen LogP contribution in [0.25, 0.3) is 11.2 Å². The molecule has 0 spiro atoms. The van der Waals surface area contributed by atoms with Gasteiger partial charge >= 0.3 is 7.60 Å². The van der Waals surface area contributed by atoms with Gasteiger partial charge in [-0.3, -0.25) is 14.3 Å². The van der Waals surface area contributed by atoms with E-state index in [1.165, 1.54) is 89.8 Å². The highest BCUT2D eigenvalue weighted by Crippen LogP contribution is 2.51. The standard InChI is InChI=1S/C28H50N5O6P/c1-2-3-4-5-6-7-8-9-10-11-12-13-14-15-17-36-18-16-19-38-40(35)23-37-24(21-39-40)20-33-22-30-25-26(33)31-28(29)32-27(25)34/h22,24H,2-21,23H2,1H3,(H3,29,31,32,34)/t24-,40?/m0/s1. The molecule has 40 heavy (non-hydrogen) atoms. The summed E-state index contributed by atoms with van der Waals surface area (Å²) in [7, 11) is -3.29. The summed E-state index contributed by atoms with van der Waals surface area (Å²) in [4.78, 5) is 22.6. The molecule has 0 bridgehead atoms. The molecule has 3 heterocycles. The Labute approximate surface area is 238 Å². The Bertz CT molecular complexity index is 1070. The first-order valence-electron chi connectivity index (χ1n) is 15.3. The molecule has 2 atom stereocenters. The summed E-state index contributed by atoms with van der Waals surface area (Å²) < 4.78 is 36.9. The number of nitrogen functional groups attached to an aromatic ring is 1. The highest BCUT2D eigenvalue weighted by molar-refractivity contribution is 7.53. The zero-order valence-electron chi connectivity index (χ0n) is 24.3. The lowest BCUT2D eigenvalue weighted by molar-refractivity contribution is -0.0143. The highest BCUT2D eigenvalue weighted by Gasteiger charge is 2.33. The third kappa shape index (κ3) is 12.0. The molecule has 0 saturated carbocycles. The Hall–Kier alpha value is -1.78. The highest BCUT2D eigenvalue weighted by atomic mass is 31.2. The molecule has 3 N–H and O–H groups in total. The van der Waals surface area contributed by atoms with Crippen molar-refractivity contribution in [2.75, 3.05) is 38.5 Å². The number of H-pyrrole nitrogens is 1. The number of hydrogen-bond acceptors (Lipinski definition) is 9. The molecule has 0 amide bonds. The van der Waals surface area contributed by atoms with Gasteiger partial charge in [0.25, 0.3) is 5.56 Å². The van der Waals surface area contributed by atoms with Gasteiger partial charge in [-0.05, 0) is 12.8 Å². The van der Waals surface area contributed by atoms with E-state index in [-0.39, 0.29) is 30.5 Å². The van der Waals surface area contributed by atoms with Crippen molar-refractivity contribution in [2.24, 2.45) is 0 Å². The van der Waals surface area contributed by atoms with Crippen molar-refractivity contribution in [2.45, 2.75) is 116 Å².